The third kappa shape index (κ3) is 3.70. The van der Waals surface area contributed by atoms with Gasteiger partial charge in [-0.15, -0.1) is 0 Å². The Morgan fingerprint density at radius 3 is 2.44 bits per heavy atom. The Kier molecular flexibility index (Phi) is 5.18. The first-order chi connectivity index (χ1) is 7.50. The number of hydrogen-bond acceptors (Lipinski definition) is 4. The van der Waals surface area contributed by atoms with Gasteiger partial charge in [0, 0.05) is 24.5 Å². The molecule has 0 aromatic carbocycles. The maximum absolute atomic E-state index is 9.25. The molecule has 0 aliphatic carbocycles. The number of aliphatic hydroxyl groups is 2. The highest BCUT2D eigenvalue weighted by atomic mass is 16.3. The third-order valence-electron chi connectivity index (χ3n) is 3.61. The van der Waals surface area contributed by atoms with Gasteiger partial charge in [0.2, 0.25) is 0 Å². The Bertz CT molecular complexity index is 207. The highest BCUT2D eigenvalue weighted by molar-refractivity contribution is 4.82. The van der Waals surface area contributed by atoms with Crippen LogP contribution in [-0.2, 0) is 0 Å². The molecule has 0 amide bonds. The van der Waals surface area contributed by atoms with Crippen molar-refractivity contribution in [3.05, 3.63) is 0 Å². The third-order valence-corrected chi connectivity index (χ3v) is 3.61. The van der Waals surface area contributed by atoms with E-state index in [2.05, 4.69) is 23.9 Å². The Morgan fingerprint density at radius 1 is 1.38 bits per heavy atom. The fourth-order valence-electron chi connectivity index (χ4n) is 2.44. The van der Waals surface area contributed by atoms with Crippen molar-refractivity contribution in [2.45, 2.75) is 25.8 Å². The lowest BCUT2D eigenvalue weighted by atomic mass is 9.92. The molecule has 1 fully saturated rings. The van der Waals surface area contributed by atoms with Crippen LogP contribution in [0.25, 0.3) is 0 Å². The fraction of sp³-hybridized carbons (Fsp3) is 1.00. The van der Waals surface area contributed by atoms with E-state index in [0.29, 0.717) is 6.04 Å². The summed E-state index contributed by atoms with van der Waals surface area (Å²) in [6.45, 7) is 4.94. The van der Waals surface area contributed by atoms with Crippen molar-refractivity contribution in [2.75, 3.05) is 46.9 Å². The molecule has 4 heteroatoms. The zero-order valence-electron chi connectivity index (χ0n) is 10.8. The Labute approximate surface area is 98.9 Å². The van der Waals surface area contributed by atoms with Crippen molar-refractivity contribution in [2.24, 2.45) is 5.41 Å². The van der Waals surface area contributed by atoms with Crippen LogP contribution < -0.4 is 0 Å². The van der Waals surface area contributed by atoms with E-state index in [1.807, 2.05) is 6.92 Å². The molecule has 0 bridgehead atoms. The van der Waals surface area contributed by atoms with Crippen LogP contribution in [0.2, 0.25) is 0 Å². The van der Waals surface area contributed by atoms with Crippen LogP contribution in [0.4, 0.5) is 0 Å². The average Bonchev–Trinajstić information content (AvgIpc) is 2.64. The lowest BCUT2D eigenvalue weighted by molar-refractivity contribution is 0.0371. The second-order valence-electron chi connectivity index (χ2n) is 5.60. The van der Waals surface area contributed by atoms with Crippen LogP contribution in [0.5, 0.6) is 0 Å². The molecule has 1 atom stereocenters. The van der Waals surface area contributed by atoms with Gasteiger partial charge in [0.1, 0.15) is 0 Å². The van der Waals surface area contributed by atoms with E-state index in [1.165, 1.54) is 19.4 Å². The second kappa shape index (κ2) is 5.96. The summed E-state index contributed by atoms with van der Waals surface area (Å²) in [5.41, 5.74) is -0.383. The summed E-state index contributed by atoms with van der Waals surface area (Å²) < 4.78 is 0. The standard InChI is InChI=1S/C12H26N2O2/c1-12(9-15,10-16)8-13(2)7-11-5-4-6-14(11)3/h11,15-16H,4-10H2,1-3H3. The van der Waals surface area contributed by atoms with Gasteiger partial charge in [-0.05, 0) is 33.5 Å². The summed E-state index contributed by atoms with van der Waals surface area (Å²) in [5, 5.41) is 18.5. The summed E-state index contributed by atoms with van der Waals surface area (Å²) >= 11 is 0. The van der Waals surface area contributed by atoms with Gasteiger partial charge in [0.15, 0.2) is 0 Å². The molecule has 4 nitrogen and oxygen atoms in total. The molecule has 1 saturated heterocycles. The van der Waals surface area contributed by atoms with Gasteiger partial charge in [0.05, 0.1) is 13.2 Å². The molecule has 0 aromatic rings. The van der Waals surface area contributed by atoms with Crippen molar-refractivity contribution >= 4 is 0 Å². The number of nitrogens with zero attached hydrogens (tertiary/aromatic N) is 2. The molecule has 0 aromatic heterocycles. The normalized spacial score (nSPS) is 23.2. The first kappa shape index (κ1) is 13.9. The molecule has 1 unspecified atom stereocenters. The largest absolute Gasteiger partial charge is 0.396 e. The smallest absolute Gasteiger partial charge is 0.0519 e. The number of hydrogen-bond donors (Lipinski definition) is 2. The summed E-state index contributed by atoms with van der Waals surface area (Å²) in [7, 11) is 4.23. The van der Waals surface area contributed by atoms with E-state index in [0.717, 1.165) is 13.1 Å². The van der Waals surface area contributed by atoms with Crippen molar-refractivity contribution in [3.8, 4) is 0 Å². The quantitative estimate of drug-likeness (QED) is 0.674. The molecule has 16 heavy (non-hydrogen) atoms. The predicted octanol–water partition coefficient (Wildman–Crippen LogP) is 0.00330. The van der Waals surface area contributed by atoms with E-state index in [4.69, 9.17) is 0 Å². The predicted molar refractivity (Wildman–Crippen MR) is 65.4 cm³/mol. The number of likely N-dealkylation sites (tertiary alicyclic amines) is 1. The zero-order valence-corrected chi connectivity index (χ0v) is 10.8. The molecule has 0 spiro atoms. The summed E-state index contributed by atoms with van der Waals surface area (Å²) in [6.07, 6.45) is 2.54. The number of likely N-dealkylation sites (N-methyl/N-ethyl adjacent to an activating group) is 2. The number of rotatable bonds is 6. The van der Waals surface area contributed by atoms with E-state index in [1.54, 1.807) is 0 Å². The minimum atomic E-state index is -0.383. The average molecular weight is 230 g/mol. The van der Waals surface area contributed by atoms with E-state index in [-0.39, 0.29) is 18.6 Å². The van der Waals surface area contributed by atoms with E-state index >= 15 is 0 Å². The number of aliphatic hydroxyl groups excluding tert-OH is 2. The Hall–Kier alpha value is -0.160. The second-order valence-corrected chi connectivity index (χ2v) is 5.60. The topological polar surface area (TPSA) is 46.9 Å². The van der Waals surface area contributed by atoms with Crippen LogP contribution in [0, 0.1) is 5.41 Å². The minimum Gasteiger partial charge on any atom is -0.396 e. The molecule has 1 aliphatic heterocycles. The Morgan fingerprint density at radius 2 is 2.00 bits per heavy atom. The highest BCUT2D eigenvalue weighted by Gasteiger charge is 2.27. The molecular weight excluding hydrogens is 204 g/mol. The van der Waals surface area contributed by atoms with Crippen LogP contribution in [-0.4, -0.2) is 73.0 Å². The maximum atomic E-state index is 9.25. The summed E-state index contributed by atoms with van der Waals surface area (Å²) in [6, 6.07) is 0.631. The molecule has 2 N–H and O–H groups in total. The monoisotopic (exact) mass is 230 g/mol. The van der Waals surface area contributed by atoms with Crippen molar-refractivity contribution < 1.29 is 10.2 Å². The molecule has 1 heterocycles. The van der Waals surface area contributed by atoms with Crippen molar-refractivity contribution in [1.82, 2.24) is 9.80 Å². The highest BCUT2D eigenvalue weighted by Crippen LogP contribution is 2.19. The lowest BCUT2D eigenvalue weighted by Gasteiger charge is -2.33. The van der Waals surface area contributed by atoms with Gasteiger partial charge in [0.25, 0.3) is 0 Å². The van der Waals surface area contributed by atoms with Crippen LogP contribution in [0.15, 0.2) is 0 Å². The maximum Gasteiger partial charge on any atom is 0.0519 e. The van der Waals surface area contributed by atoms with Gasteiger partial charge in [-0.2, -0.15) is 0 Å². The van der Waals surface area contributed by atoms with Crippen LogP contribution in [0.1, 0.15) is 19.8 Å². The molecule has 1 aliphatic rings. The first-order valence-corrected chi connectivity index (χ1v) is 6.11. The molecule has 96 valence electrons. The van der Waals surface area contributed by atoms with Gasteiger partial charge < -0.3 is 20.0 Å². The minimum absolute atomic E-state index is 0.0361. The van der Waals surface area contributed by atoms with Gasteiger partial charge in [-0.1, -0.05) is 6.92 Å². The molecule has 0 saturated carbocycles. The first-order valence-electron chi connectivity index (χ1n) is 6.11. The van der Waals surface area contributed by atoms with E-state index in [9.17, 15) is 10.2 Å². The van der Waals surface area contributed by atoms with Crippen molar-refractivity contribution in [1.29, 1.82) is 0 Å². The van der Waals surface area contributed by atoms with Gasteiger partial charge in [-0.3, -0.25) is 0 Å². The van der Waals surface area contributed by atoms with Gasteiger partial charge in [-0.25, -0.2) is 0 Å². The zero-order chi connectivity index (χ0) is 12.2. The summed E-state index contributed by atoms with van der Waals surface area (Å²) in [5.74, 6) is 0. The fourth-order valence-corrected chi connectivity index (χ4v) is 2.44. The van der Waals surface area contributed by atoms with Gasteiger partial charge >= 0.3 is 0 Å². The molecule has 0 radical (unpaired) electrons. The Balaban J connectivity index is 2.37. The molecular formula is C12H26N2O2. The molecule has 1 rings (SSSR count). The van der Waals surface area contributed by atoms with Crippen LogP contribution in [0.3, 0.4) is 0 Å². The van der Waals surface area contributed by atoms with Crippen LogP contribution >= 0.6 is 0 Å². The van der Waals surface area contributed by atoms with E-state index < -0.39 is 0 Å². The lowest BCUT2D eigenvalue weighted by Crippen LogP contribution is -2.44. The SMILES string of the molecule is CN(CC1CCCN1C)CC(C)(CO)CO. The summed E-state index contributed by atoms with van der Waals surface area (Å²) in [4.78, 5) is 4.62. The van der Waals surface area contributed by atoms with Crippen molar-refractivity contribution in [3.63, 3.8) is 0 Å².